The van der Waals surface area contributed by atoms with Crippen LogP contribution < -0.4 is 5.73 Å². The molecule has 2 aliphatic rings. The van der Waals surface area contributed by atoms with Crippen molar-refractivity contribution >= 4 is 34.7 Å². The van der Waals surface area contributed by atoms with Crippen LogP contribution in [0.15, 0.2) is 59.7 Å². The van der Waals surface area contributed by atoms with Crippen LogP contribution in [0.3, 0.4) is 0 Å². The molecule has 1 aliphatic heterocycles. The first kappa shape index (κ1) is 20.7. The molecule has 3 aromatic rings. The number of carbonyl (C=O) groups excluding carboxylic acids is 1. The second-order valence-corrected chi connectivity index (χ2v) is 8.99. The van der Waals surface area contributed by atoms with Gasteiger partial charge in [0.2, 0.25) is 0 Å². The number of nitrogens with two attached hydrogens (primary N) is 1. The topological polar surface area (TPSA) is 77.6 Å². The van der Waals surface area contributed by atoms with Gasteiger partial charge in [-0.2, -0.15) is 0 Å². The van der Waals surface area contributed by atoms with Crippen molar-refractivity contribution in [1.29, 1.82) is 0 Å². The molecule has 1 unspecified atom stereocenters. The van der Waals surface area contributed by atoms with E-state index >= 15 is 0 Å². The summed E-state index contributed by atoms with van der Waals surface area (Å²) in [6, 6.07) is 15.2. The number of ether oxygens (including phenoxy) is 1. The van der Waals surface area contributed by atoms with Gasteiger partial charge in [0.25, 0.3) is 0 Å². The Labute approximate surface area is 192 Å². The van der Waals surface area contributed by atoms with Crippen molar-refractivity contribution in [2.24, 2.45) is 10.9 Å². The summed E-state index contributed by atoms with van der Waals surface area (Å²) in [6.45, 7) is 0. The summed E-state index contributed by atoms with van der Waals surface area (Å²) in [5.74, 6) is 0.535. The number of nitrogen functional groups attached to an aromatic ring is 1. The zero-order valence-corrected chi connectivity index (χ0v) is 18.6. The van der Waals surface area contributed by atoms with E-state index in [0.29, 0.717) is 16.3 Å². The summed E-state index contributed by atoms with van der Waals surface area (Å²) in [5.41, 5.74) is 13.3. The van der Waals surface area contributed by atoms with Gasteiger partial charge in [-0.05, 0) is 54.3 Å². The average Bonchev–Trinajstić information content (AvgIpc) is 3.54. The molecule has 2 aromatic carbocycles. The van der Waals surface area contributed by atoms with Gasteiger partial charge in [-0.1, -0.05) is 36.6 Å². The number of pyridine rings is 1. The van der Waals surface area contributed by atoms with E-state index in [2.05, 4.69) is 12.1 Å². The van der Waals surface area contributed by atoms with Crippen LogP contribution in [0.25, 0.3) is 11.1 Å². The number of rotatable bonds is 6. The lowest BCUT2D eigenvalue weighted by atomic mass is 9.89. The van der Waals surface area contributed by atoms with E-state index < -0.39 is 0 Å². The molecule has 1 atom stereocenters. The number of methoxy groups -OCH3 is 1. The van der Waals surface area contributed by atoms with Gasteiger partial charge < -0.3 is 10.5 Å². The number of aromatic nitrogens is 1. The minimum atomic E-state index is -0.344. The van der Waals surface area contributed by atoms with Crippen LogP contribution in [0.2, 0.25) is 5.02 Å². The third-order valence-electron chi connectivity index (χ3n) is 6.28. The summed E-state index contributed by atoms with van der Waals surface area (Å²) in [7, 11) is 1.39. The minimum Gasteiger partial charge on any atom is -0.465 e. The number of hydrogen-bond donors (Lipinski definition) is 1. The van der Waals surface area contributed by atoms with Crippen molar-refractivity contribution in [1.82, 2.24) is 4.98 Å². The van der Waals surface area contributed by atoms with Crippen molar-refractivity contribution in [3.05, 3.63) is 76.6 Å². The number of carbonyl (C=O) groups is 1. The fourth-order valence-corrected chi connectivity index (χ4v) is 4.49. The van der Waals surface area contributed by atoms with Crippen molar-refractivity contribution in [2.45, 2.75) is 31.6 Å². The van der Waals surface area contributed by atoms with Crippen LogP contribution in [-0.2, 0) is 11.2 Å². The first-order valence-corrected chi connectivity index (χ1v) is 11.2. The van der Waals surface area contributed by atoms with Gasteiger partial charge in [-0.25, -0.2) is 4.79 Å². The molecule has 32 heavy (non-hydrogen) atoms. The van der Waals surface area contributed by atoms with Crippen LogP contribution in [0, 0.1) is 5.92 Å². The number of halogens is 1. The Hall–Kier alpha value is -3.18. The highest BCUT2D eigenvalue weighted by molar-refractivity contribution is 6.31. The average molecular weight is 446 g/mol. The maximum atomic E-state index is 11.9. The molecule has 5 rings (SSSR count). The number of anilines is 1. The first-order valence-electron chi connectivity index (χ1n) is 10.8. The second-order valence-electron chi connectivity index (χ2n) is 8.55. The number of aliphatic imine (C=N–C) groups is 1. The summed E-state index contributed by atoms with van der Waals surface area (Å²) >= 11 is 6.16. The lowest BCUT2D eigenvalue weighted by Crippen LogP contribution is -2.15. The molecule has 0 spiro atoms. The predicted octanol–water partition coefficient (Wildman–Crippen LogP) is 5.98. The van der Waals surface area contributed by atoms with Crippen LogP contribution >= 0.6 is 11.6 Å². The molecule has 0 saturated heterocycles. The van der Waals surface area contributed by atoms with Crippen molar-refractivity contribution in [3.8, 4) is 11.1 Å². The maximum Gasteiger partial charge on any atom is 0.337 e. The van der Waals surface area contributed by atoms with Crippen LogP contribution in [-0.4, -0.2) is 23.8 Å². The Morgan fingerprint density at radius 2 is 2.03 bits per heavy atom. The number of benzene rings is 2. The molecular formula is C26H24ClN3O2. The Morgan fingerprint density at radius 1 is 1.19 bits per heavy atom. The molecule has 0 amide bonds. The molecule has 1 aliphatic carbocycles. The second kappa shape index (κ2) is 8.40. The number of nitrogens with zero attached hydrogens (tertiary/aromatic N) is 2. The molecular weight excluding hydrogens is 422 g/mol. The molecule has 0 bridgehead atoms. The fraction of sp³-hybridized carbons (Fsp3) is 0.269. The van der Waals surface area contributed by atoms with Gasteiger partial charge in [-0.15, -0.1) is 0 Å². The van der Waals surface area contributed by atoms with Gasteiger partial charge in [0, 0.05) is 51.8 Å². The minimum absolute atomic E-state index is 0.155. The van der Waals surface area contributed by atoms with E-state index in [-0.39, 0.29) is 11.9 Å². The van der Waals surface area contributed by atoms with E-state index in [9.17, 15) is 4.79 Å². The molecule has 1 fully saturated rings. The molecule has 0 radical (unpaired) electrons. The lowest BCUT2D eigenvalue weighted by Gasteiger charge is -2.17. The SMILES string of the molecule is COC(=O)c1ccc2c(c1)N=C(C(CC1CC1)c1ccc(-c3cc(Cl)ccc3N)cn1)C2. The standard InChI is InChI=1S/C26H24ClN3O2/c1-32-26(31)17-5-4-16-11-25(30-24(16)12-17)21(10-15-2-3-15)23-9-6-18(14-29-23)20-13-19(27)7-8-22(20)28/h4-9,12-15,21H,2-3,10-11,28H2,1H3. The van der Waals surface area contributed by atoms with Gasteiger partial charge in [-0.3, -0.25) is 9.98 Å². The van der Waals surface area contributed by atoms with Crippen LogP contribution in [0.5, 0.6) is 0 Å². The number of esters is 1. The highest BCUT2D eigenvalue weighted by Gasteiger charge is 2.32. The monoisotopic (exact) mass is 445 g/mol. The summed E-state index contributed by atoms with van der Waals surface area (Å²) in [6.07, 6.45) is 6.22. The normalized spacial score (nSPS) is 15.8. The molecule has 1 saturated carbocycles. The predicted molar refractivity (Wildman–Crippen MR) is 128 cm³/mol. The molecule has 6 heteroatoms. The van der Waals surface area contributed by atoms with Crippen molar-refractivity contribution in [3.63, 3.8) is 0 Å². The van der Waals surface area contributed by atoms with E-state index in [4.69, 9.17) is 32.0 Å². The summed E-state index contributed by atoms with van der Waals surface area (Å²) in [4.78, 5) is 21.6. The van der Waals surface area contributed by atoms with Gasteiger partial charge in [0.1, 0.15) is 0 Å². The molecule has 162 valence electrons. The van der Waals surface area contributed by atoms with Crippen LogP contribution in [0.4, 0.5) is 11.4 Å². The Kier molecular flexibility index (Phi) is 5.43. The van der Waals surface area contributed by atoms with Gasteiger partial charge >= 0.3 is 5.97 Å². The number of fused-ring (bicyclic) bond motifs is 1. The fourth-order valence-electron chi connectivity index (χ4n) is 4.32. The van der Waals surface area contributed by atoms with Gasteiger partial charge in [0.15, 0.2) is 0 Å². The third-order valence-corrected chi connectivity index (χ3v) is 6.52. The van der Waals surface area contributed by atoms with E-state index in [1.165, 1.54) is 20.0 Å². The summed E-state index contributed by atoms with van der Waals surface area (Å²) in [5, 5.41) is 0.647. The quantitative estimate of drug-likeness (QED) is 0.373. The molecule has 2 heterocycles. The maximum absolute atomic E-state index is 11.9. The Balaban J connectivity index is 1.45. The highest BCUT2D eigenvalue weighted by Crippen LogP contribution is 2.42. The van der Waals surface area contributed by atoms with E-state index in [0.717, 1.165) is 52.5 Å². The van der Waals surface area contributed by atoms with Gasteiger partial charge in [0.05, 0.1) is 18.4 Å². The van der Waals surface area contributed by atoms with E-state index in [1.807, 2.05) is 36.5 Å². The van der Waals surface area contributed by atoms with Crippen molar-refractivity contribution < 1.29 is 9.53 Å². The number of hydrogen-bond acceptors (Lipinski definition) is 5. The van der Waals surface area contributed by atoms with Crippen LogP contribution in [0.1, 0.15) is 46.8 Å². The molecule has 5 nitrogen and oxygen atoms in total. The largest absolute Gasteiger partial charge is 0.465 e. The lowest BCUT2D eigenvalue weighted by molar-refractivity contribution is 0.0601. The molecule has 2 N–H and O–H groups in total. The third kappa shape index (κ3) is 4.13. The summed E-state index contributed by atoms with van der Waals surface area (Å²) < 4.78 is 4.85. The Morgan fingerprint density at radius 3 is 2.75 bits per heavy atom. The highest BCUT2D eigenvalue weighted by atomic mass is 35.5. The van der Waals surface area contributed by atoms with Crippen molar-refractivity contribution in [2.75, 3.05) is 12.8 Å². The Bertz CT molecular complexity index is 1220. The van der Waals surface area contributed by atoms with E-state index in [1.54, 1.807) is 6.07 Å². The molecule has 1 aromatic heterocycles. The zero-order valence-electron chi connectivity index (χ0n) is 17.8. The first-order chi connectivity index (χ1) is 15.5. The smallest absolute Gasteiger partial charge is 0.337 e. The zero-order chi connectivity index (χ0) is 22.2.